The van der Waals surface area contributed by atoms with Crippen molar-refractivity contribution >= 4 is 45.9 Å². The smallest absolute Gasteiger partial charge is 0.305 e. The first-order valence-electron chi connectivity index (χ1n) is 17.3. The molecule has 0 amide bonds. The van der Waals surface area contributed by atoms with Crippen LogP contribution < -0.4 is 30.1 Å². The Kier molecular flexibility index (Phi) is 17.4. The number of morpholine rings is 1. The van der Waals surface area contributed by atoms with E-state index in [-0.39, 0.29) is 41.9 Å². The van der Waals surface area contributed by atoms with Crippen LogP contribution in [0.4, 0.5) is 0 Å². The summed E-state index contributed by atoms with van der Waals surface area (Å²) in [7, 11) is 6.19. The highest BCUT2D eigenvalue weighted by atomic mass is 35.5. The van der Waals surface area contributed by atoms with E-state index in [0.29, 0.717) is 79.3 Å². The third kappa shape index (κ3) is 11.9. The van der Waals surface area contributed by atoms with Crippen molar-refractivity contribution in [2.24, 2.45) is 0 Å². The standard InChI is InChI=1S/C21H28N2O6.C17H21NO5.ClH/c1-26-18-14-16-5-7-23(21(25)17(16)15-19(18)27-2)6-3-4-20(24)29-13-10-22-8-11-28-12-9-22;1-4-23-16(19)6-5-8-18-9-7-12-10-14(21-2)15(22-3)11-13(12)17(18)20;/h5,7,14-15H,3-4,6,8-13H2,1-2H3;7,9-11H,4-6,8H2,1-3H3;1H. The van der Waals surface area contributed by atoms with Crippen LogP contribution in [0.1, 0.15) is 32.6 Å². The Hall–Kier alpha value is -4.79. The van der Waals surface area contributed by atoms with Crippen LogP contribution in [-0.4, -0.2) is 100 Å². The monoisotopic (exact) mass is 759 g/mol. The number of methoxy groups -OCH3 is 4. The van der Waals surface area contributed by atoms with E-state index in [4.69, 9.17) is 33.2 Å². The molecule has 0 bridgehead atoms. The van der Waals surface area contributed by atoms with Crippen LogP contribution in [0.15, 0.2) is 58.4 Å². The molecule has 1 aliphatic rings. The molecule has 1 fully saturated rings. The van der Waals surface area contributed by atoms with Crippen molar-refractivity contribution in [2.45, 2.75) is 45.7 Å². The minimum Gasteiger partial charge on any atom is -0.493 e. The van der Waals surface area contributed by atoms with Crippen LogP contribution in [0.25, 0.3) is 21.5 Å². The van der Waals surface area contributed by atoms with E-state index in [0.717, 1.165) is 43.6 Å². The second-order valence-electron chi connectivity index (χ2n) is 11.9. The number of aryl methyl sites for hydroxylation is 2. The molecule has 0 atom stereocenters. The predicted molar refractivity (Wildman–Crippen MR) is 203 cm³/mol. The van der Waals surface area contributed by atoms with E-state index >= 15 is 0 Å². The number of hydrogen-bond acceptors (Lipinski definition) is 12. The molecule has 15 heteroatoms. The number of esters is 2. The van der Waals surface area contributed by atoms with E-state index < -0.39 is 0 Å². The number of pyridine rings is 2. The van der Waals surface area contributed by atoms with Gasteiger partial charge in [0.1, 0.15) is 6.61 Å². The lowest BCUT2D eigenvalue weighted by molar-refractivity contribution is -0.145. The summed E-state index contributed by atoms with van der Waals surface area (Å²) >= 11 is 0. The van der Waals surface area contributed by atoms with Crippen molar-refractivity contribution < 1.29 is 42.7 Å². The number of carbonyl (C=O) groups excluding carboxylic acids is 2. The second kappa shape index (κ2) is 21.7. The lowest BCUT2D eigenvalue weighted by Crippen LogP contribution is -2.38. The summed E-state index contributed by atoms with van der Waals surface area (Å²) in [4.78, 5) is 50.8. The van der Waals surface area contributed by atoms with Crippen molar-refractivity contribution in [3.8, 4) is 23.0 Å². The van der Waals surface area contributed by atoms with Gasteiger partial charge in [-0.05, 0) is 66.9 Å². The van der Waals surface area contributed by atoms with Gasteiger partial charge in [0.2, 0.25) is 0 Å². The molecule has 14 nitrogen and oxygen atoms in total. The Bertz CT molecular complexity index is 1920. The summed E-state index contributed by atoms with van der Waals surface area (Å²) in [6, 6.07) is 10.6. The molecule has 1 saturated heterocycles. The third-order valence-corrected chi connectivity index (χ3v) is 8.60. The van der Waals surface area contributed by atoms with Crippen LogP contribution >= 0.6 is 12.4 Å². The quantitative estimate of drug-likeness (QED) is 0.149. The van der Waals surface area contributed by atoms with Crippen LogP contribution in [-0.2, 0) is 36.9 Å². The number of hydrogen-bond donors (Lipinski definition) is 0. The highest BCUT2D eigenvalue weighted by Gasteiger charge is 2.14. The van der Waals surface area contributed by atoms with Crippen molar-refractivity contribution in [3.05, 3.63) is 69.5 Å². The molecule has 0 unspecified atom stereocenters. The highest BCUT2D eigenvalue weighted by Crippen LogP contribution is 2.31. The number of rotatable bonds is 16. The molecule has 5 rings (SSSR count). The Labute approximate surface area is 314 Å². The summed E-state index contributed by atoms with van der Waals surface area (Å²) in [6.45, 7) is 7.37. The number of carbonyl (C=O) groups is 2. The van der Waals surface area contributed by atoms with Crippen LogP contribution in [0, 0.1) is 0 Å². The molecule has 0 spiro atoms. The zero-order chi connectivity index (χ0) is 37.5. The fourth-order valence-corrected chi connectivity index (χ4v) is 5.78. The average Bonchev–Trinajstić information content (AvgIpc) is 3.16. The lowest BCUT2D eigenvalue weighted by atomic mass is 10.1. The predicted octanol–water partition coefficient (Wildman–Crippen LogP) is 4.46. The number of benzene rings is 2. The van der Waals surface area contributed by atoms with Crippen molar-refractivity contribution in [3.63, 3.8) is 0 Å². The number of aromatic nitrogens is 2. The maximum atomic E-state index is 12.8. The second-order valence-corrected chi connectivity index (χ2v) is 11.9. The van der Waals surface area contributed by atoms with E-state index in [1.807, 2.05) is 12.1 Å². The summed E-state index contributed by atoms with van der Waals surface area (Å²) in [5, 5.41) is 2.68. The summed E-state index contributed by atoms with van der Waals surface area (Å²) in [6.07, 6.45) is 5.12. The first-order chi connectivity index (χ1) is 25.2. The molecule has 53 heavy (non-hydrogen) atoms. The van der Waals surface area contributed by atoms with Gasteiger partial charge in [0.15, 0.2) is 23.0 Å². The lowest BCUT2D eigenvalue weighted by Gasteiger charge is -2.26. The molecule has 4 aromatic rings. The van der Waals surface area contributed by atoms with Gasteiger partial charge in [0, 0.05) is 58.0 Å². The van der Waals surface area contributed by atoms with Gasteiger partial charge in [-0.3, -0.25) is 24.1 Å². The molecule has 3 heterocycles. The largest absolute Gasteiger partial charge is 0.493 e. The zero-order valence-electron chi connectivity index (χ0n) is 31.1. The molecule has 0 aliphatic carbocycles. The van der Waals surface area contributed by atoms with Crippen LogP contribution in [0.2, 0.25) is 0 Å². The van der Waals surface area contributed by atoms with Gasteiger partial charge in [-0.15, -0.1) is 12.4 Å². The van der Waals surface area contributed by atoms with Gasteiger partial charge in [0.25, 0.3) is 11.1 Å². The van der Waals surface area contributed by atoms with Crippen LogP contribution in [0.3, 0.4) is 0 Å². The van der Waals surface area contributed by atoms with Gasteiger partial charge >= 0.3 is 11.9 Å². The summed E-state index contributed by atoms with van der Waals surface area (Å²) in [5.41, 5.74) is -0.239. The number of ether oxygens (including phenoxy) is 7. The van der Waals surface area contributed by atoms with Crippen LogP contribution in [0.5, 0.6) is 23.0 Å². The van der Waals surface area contributed by atoms with Gasteiger partial charge in [-0.25, -0.2) is 0 Å². The summed E-state index contributed by atoms with van der Waals surface area (Å²) in [5.74, 6) is 1.71. The molecule has 0 radical (unpaired) electrons. The Morgan fingerprint density at radius 2 is 1.09 bits per heavy atom. The molecular weight excluding hydrogens is 710 g/mol. The normalized spacial score (nSPS) is 12.6. The zero-order valence-corrected chi connectivity index (χ0v) is 31.9. The van der Waals surface area contributed by atoms with Gasteiger partial charge < -0.3 is 42.3 Å². The maximum Gasteiger partial charge on any atom is 0.305 e. The molecule has 0 N–H and O–H groups in total. The molecule has 1 aliphatic heterocycles. The maximum absolute atomic E-state index is 12.8. The molecular formula is C38H50ClN3O11. The van der Waals surface area contributed by atoms with E-state index in [1.54, 1.807) is 66.9 Å². The van der Waals surface area contributed by atoms with Crippen molar-refractivity contribution in [1.82, 2.24) is 14.0 Å². The van der Waals surface area contributed by atoms with Gasteiger partial charge in [0.05, 0.1) is 59.0 Å². The van der Waals surface area contributed by atoms with Gasteiger partial charge in [-0.2, -0.15) is 0 Å². The minimum absolute atomic E-state index is 0. The van der Waals surface area contributed by atoms with E-state index in [9.17, 15) is 19.2 Å². The van der Waals surface area contributed by atoms with Gasteiger partial charge in [-0.1, -0.05) is 0 Å². The molecule has 2 aromatic carbocycles. The minimum atomic E-state index is -0.243. The Morgan fingerprint density at radius 1 is 0.660 bits per heavy atom. The first kappa shape index (κ1) is 42.6. The molecule has 0 saturated carbocycles. The molecule has 290 valence electrons. The topological polar surface area (TPSA) is 146 Å². The Balaban J connectivity index is 0.000000288. The fraction of sp³-hybridized carbons (Fsp3) is 0.474. The SMILES string of the molecule is CCOC(=O)CCCn1ccc2cc(OC)c(OC)cc2c1=O.COc1cc2ccn(CCCC(=O)OCCN3CCOCC3)c(=O)c2cc1OC.Cl. The first-order valence-corrected chi connectivity index (χ1v) is 17.3. The number of nitrogens with zero attached hydrogens (tertiary/aromatic N) is 3. The summed E-state index contributed by atoms with van der Waals surface area (Å²) < 4.78 is 39.7. The average molecular weight is 760 g/mol. The molecule has 2 aromatic heterocycles. The van der Waals surface area contributed by atoms with Crippen molar-refractivity contribution in [2.75, 3.05) is 74.5 Å². The van der Waals surface area contributed by atoms with E-state index in [2.05, 4.69) is 4.90 Å². The number of halogens is 1. The third-order valence-electron chi connectivity index (χ3n) is 8.60. The van der Waals surface area contributed by atoms with Crippen molar-refractivity contribution in [1.29, 1.82) is 0 Å². The Morgan fingerprint density at radius 3 is 1.53 bits per heavy atom. The van der Waals surface area contributed by atoms with E-state index in [1.165, 1.54) is 14.2 Å². The number of fused-ring (bicyclic) bond motifs is 2. The highest BCUT2D eigenvalue weighted by molar-refractivity contribution is 5.86. The fourth-order valence-electron chi connectivity index (χ4n) is 5.78.